The molecule has 6 rings (SSSR count). The Morgan fingerprint density at radius 2 is 0.949 bits per heavy atom. The van der Waals surface area contributed by atoms with Crippen LogP contribution in [0.1, 0.15) is 0 Å². The topological polar surface area (TPSA) is 89.0 Å². The van der Waals surface area contributed by atoms with Gasteiger partial charge in [-0.05, 0) is 72.8 Å². The average Bonchev–Trinajstić information content (AvgIpc) is 3.60. The number of benzene rings is 4. The lowest BCUT2D eigenvalue weighted by Crippen LogP contribution is -1.90. The lowest BCUT2D eigenvalue weighted by atomic mass is 10.1. The van der Waals surface area contributed by atoms with Crippen molar-refractivity contribution in [2.24, 2.45) is 0 Å². The van der Waals surface area contributed by atoms with Crippen LogP contribution in [0.25, 0.3) is 44.5 Å². The molecule has 0 aliphatic heterocycles. The average molecular weight is 541 g/mol. The zero-order valence-corrected chi connectivity index (χ0v) is 22.5. The van der Waals surface area contributed by atoms with E-state index in [1.54, 1.807) is 40.2 Å². The number of ether oxygens (including phenoxy) is 4. The Morgan fingerprint density at radius 3 is 1.36 bits per heavy atom. The number of rotatable bonds is 8. The van der Waals surface area contributed by atoms with Gasteiger partial charge in [0.15, 0.2) is 34.5 Å². The van der Waals surface area contributed by atoms with Crippen LogP contribution >= 0.6 is 11.8 Å². The highest BCUT2D eigenvalue weighted by Gasteiger charge is 2.17. The van der Waals surface area contributed by atoms with Gasteiger partial charge >= 0.3 is 0 Å². The molecule has 0 aliphatic carbocycles. The van der Waals surface area contributed by atoms with Gasteiger partial charge in [0.1, 0.15) is 11.0 Å². The van der Waals surface area contributed by atoms with E-state index in [1.807, 2.05) is 60.7 Å². The van der Waals surface area contributed by atoms with Crippen molar-refractivity contribution in [3.63, 3.8) is 0 Å². The van der Waals surface area contributed by atoms with Crippen LogP contribution in [0, 0.1) is 0 Å². The molecule has 0 unspecified atom stereocenters. The smallest absolute Gasteiger partial charge is 0.174 e. The van der Waals surface area contributed by atoms with Gasteiger partial charge in [-0.25, -0.2) is 0 Å². The highest BCUT2D eigenvalue weighted by molar-refractivity contribution is 7.99. The van der Waals surface area contributed by atoms with Crippen LogP contribution < -0.4 is 18.9 Å². The Bertz CT molecular complexity index is 1680. The van der Waals surface area contributed by atoms with E-state index in [2.05, 4.69) is 22.4 Å². The summed E-state index contributed by atoms with van der Waals surface area (Å²) in [6.07, 6.45) is 0. The summed E-state index contributed by atoms with van der Waals surface area (Å²) in [5, 5.41) is 10.3. The fraction of sp³-hybridized carbons (Fsp3) is 0.133. The van der Waals surface area contributed by atoms with E-state index in [9.17, 15) is 0 Å². The molecule has 39 heavy (non-hydrogen) atoms. The molecule has 2 aromatic heterocycles. The van der Waals surface area contributed by atoms with Crippen molar-refractivity contribution in [2.45, 2.75) is 9.79 Å². The SMILES string of the molecule is COc1ccc(-c2onc3ccc(Sc4ccc5noc(-c6ccc(OC)c(OC)c6)c5c4)cc23)cc1OC. The molecule has 4 aromatic carbocycles. The molecule has 0 spiro atoms. The van der Waals surface area contributed by atoms with Gasteiger partial charge in [0, 0.05) is 20.9 Å². The number of methoxy groups -OCH3 is 4. The van der Waals surface area contributed by atoms with Crippen LogP contribution in [0.4, 0.5) is 0 Å². The summed E-state index contributed by atoms with van der Waals surface area (Å²) in [6, 6.07) is 23.5. The second-order valence-electron chi connectivity index (χ2n) is 8.62. The maximum Gasteiger partial charge on any atom is 0.174 e. The maximum absolute atomic E-state index is 5.73. The Hall–Kier alpha value is -4.63. The Balaban J connectivity index is 1.34. The first-order valence-corrected chi connectivity index (χ1v) is 12.8. The molecule has 0 atom stereocenters. The van der Waals surface area contributed by atoms with Gasteiger partial charge in [-0.2, -0.15) is 0 Å². The minimum absolute atomic E-state index is 0.623. The van der Waals surface area contributed by atoms with Crippen molar-refractivity contribution in [1.29, 1.82) is 0 Å². The summed E-state index contributed by atoms with van der Waals surface area (Å²) in [5.41, 5.74) is 3.24. The molecule has 0 aliphatic rings. The van der Waals surface area contributed by atoms with Gasteiger partial charge in [-0.15, -0.1) is 0 Å². The minimum atomic E-state index is 0.623. The number of nitrogens with zero attached hydrogens (tertiary/aromatic N) is 2. The van der Waals surface area contributed by atoms with Crippen molar-refractivity contribution < 1.29 is 28.0 Å². The minimum Gasteiger partial charge on any atom is -0.493 e. The molecule has 0 radical (unpaired) electrons. The fourth-order valence-electron chi connectivity index (χ4n) is 4.48. The Kier molecular flexibility index (Phi) is 6.50. The monoisotopic (exact) mass is 540 g/mol. The third-order valence-corrected chi connectivity index (χ3v) is 7.40. The van der Waals surface area contributed by atoms with E-state index in [-0.39, 0.29) is 0 Å². The van der Waals surface area contributed by atoms with Crippen LogP contribution in [0.2, 0.25) is 0 Å². The third-order valence-electron chi connectivity index (χ3n) is 6.42. The molecule has 6 aromatic rings. The largest absolute Gasteiger partial charge is 0.493 e. The molecule has 0 N–H and O–H groups in total. The third kappa shape index (κ3) is 4.51. The van der Waals surface area contributed by atoms with E-state index in [0.29, 0.717) is 34.5 Å². The van der Waals surface area contributed by atoms with Crippen LogP contribution in [-0.4, -0.2) is 38.8 Å². The Morgan fingerprint density at radius 1 is 0.513 bits per heavy atom. The molecule has 8 nitrogen and oxygen atoms in total. The predicted octanol–water partition coefficient (Wildman–Crippen LogP) is 7.49. The van der Waals surface area contributed by atoms with E-state index in [1.165, 1.54) is 0 Å². The van der Waals surface area contributed by atoms with Crippen LogP contribution in [0.3, 0.4) is 0 Å². The molecule has 196 valence electrons. The standard InChI is InChI=1S/C30H24N2O6S/c1-33-25-11-5-17(13-27(25)35-3)29-21-15-19(7-9-23(21)31-37-29)39-20-8-10-24-22(16-20)30(38-32-24)18-6-12-26(34-2)28(14-18)36-4/h5-16H,1-4H3. The number of fused-ring (bicyclic) bond motifs is 2. The van der Waals surface area contributed by atoms with Crippen LogP contribution in [0.5, 0.6) is 23.0 Å². The van der Waals surface area contributed by atoms with Crippen LogP contribution in [0.15, 0.2) is 91.6 Å². The summed E-state index contributed by atoms with van der Waals surface area (Å²) in [5.74, 6) is 3.88. The Labute approximate surface area is 228 Å². The highest BCUT2D eigenvalue weighted by atomic mass is 32.2. The summed E-state index contributed by atoms with van der Waals surface area (Å²) < 4.78 is 33.1. The van der Waals surface area contributed by atoms with Gasteiger partial charge in [0.2, 0.25) is 0 Å². The van der Waals surface area contributed by atoms with Gasteiger partial charge in [-0.3, -0.25) is 0 Å². The molecular weight excluding hydrogens is 516 g/mol. The van der Waals surface area contributed by atoms with Crippen molar-refractivity contribution in [3.05, 3.63) is 72.8 Å². The second-order valence-corrected chi connectivity index (χ2v) is 9.77. The zero-order valence-electron chi connectivity index (χ0n) is 21.7. The highest BCUT2D eigenvalue weighted by Crippen LogP contribution is 2.40. The molecule has 0 amide bonds. The van der Waals surface area contributed by atoms with Gasteiger partial charge in [0.05, 0.1) is 39.2 Å². The summed E-state index contributed by atoms with van der Waals surface area (Å²) >= 11 is 1.63. The quantitative estimate of drug-likeness (QED) is 0.195. The normalized spacial score (nSPS) is 11.2. The predicted molar refractivity (Wildman–Crippen MR) is 149 cm³/mol. The van der Waals surface area contributed by atoms with Crippen molar-refractivity contribution in [3.8, 4) is 45.6 Å². The molecular formula is C30H24N2O6S. The summed E-state index contributed by atoms with van der Waals surface area (Å²) in [6.45, 7) is 0. The maximum atomic E-state index is 5.73. The van der Waals surface area contributed by atoms with E-state index in [4.69, 9.17) is 28.0 Å². The van der Waals surface area contributed by atoms with Gasteiger partial charge < -0.3 is 28.0 Å². The lowest BCUT2D eigenvalue weighted by Gasteiger charge is -2.08. The van der Waals surface area contributed by atoms with Crippen LogP contribution in [-0.2, 0) is 0 Å². The molecule has 0 bridgehead atoms. The summed E-state index contributed by atoms with van der Waals surface area (Å²) in [7, 11) is 6.44. The number of aromatic nitrogens is 2. The fourth-order valence-corrected chi connectivity index (χ4v) is 5.37. The van der Waals surface area contributed by atoms with Crippen molar-refractivity contribution >= 4 is 33.6 Å². The van der Waals surface area contributed by atoms with E-state index in [0.717, 1.165) is 42.7 Å². The first-order chi connectivity index (χ1) is 19.1. The number of hydrogen-bond donors (Lipinski definition) is 0. The molecule has 2 heterocycles. The molecule has 9 heteroatoms. The zero-order chi connectivity index (χ0) is 26.9. The van der Waals surface area contributed by atoms with Gasteiger partial charge in [0.25, 0.3) is 0 Å². The molecule has 0 fully saturated rings. The first kappa shape index (κ1) is 24.7. The lowest BCUT2D eigenvalue weighted by molar-refractivity contribution is 0.355. The van der Waals surface area contributed by atoms with Crippen molar-refractivity contribution in [2.75, 3.05) is 28.4 Å². The first-order valence-electron chi connectivity index (χ1n) is 12.0. The summed E-state index contributed by atoms with van der Waals surface area (Å²) in [4.78, 5) is 2.08. The molecule has 0 saturated heterocycles. The second kappa shape index (κ2) is 10.3. The number of hydrogen-bond acceptors (Lipinski definition) is 9. The van der Waals surface area contributed by atoms with Crippen molar-refractivity contribution in [1.82, 2.24) is 10.3 Å². The van der Waals surface area contributed by atoms with E-state index < -0.39 is 0 Å². The molecule has 0 saturated carbocycles. The van der Waals surface area contributed by atoms with E-state index >= 15 is 0 Å². The van der Waals surface area contributed by atoms with Gasteiger partial charge in [-0.1, -0.05) is 22.1 Å².